The Labute approximate surface area is 139 Å². The molecule has 1 fully saturated rings. The smallest absolute Gasteiger partial charge is 0.242 e. The molecular formula is C14H19BrN2O2S2. The van der Waals surface area contributed by atoms with Crippen molar-refractivity contribution >= 4 is 43.2 Å². The minimum atomic E-state index is -3.65. The van der Waals surface area contributed by atoms with Crippen LogP contribution in [-0.4, -0.2) is 19.4 Å². The second-order valence-corrected chi connectivity index (χ2v) is 8.34. The zero-order valence-electron chi connectivity index (χ0n) is 11.6. The largest absolute Gasteiger partial charge is 0.392 e. The average Bonchev–Trinajstić information content (AvgIpc) is 2.46. The monoisotopic (exact) mass is 390 g/mol. The Morgan fingerprint density at radius 2 is 1.90 bits per heavy atom. The molecule has 0 spiro atoms. The molecule has 1 aromatic rings. The number of benzene rings is 1. The van der Waals surface area contributed by atoms with Crippen LogP contribution < -0.4 is 10.5 Å². The molecule has 0 amide bonds. The highest BCUT2D eigenvalue weighted by atomic mass is 79.9. The summed E-state index contributed by atoms with van der Waals surface area (Å²) in [6, 6.07) is 6.25. The van der Waals surface area contributed by atoms with E-state index in [1.807, 2.05) is 0 Å². The highest BCUT2D eigenvalue weighted by molar-refractivity contribution is 9.10. The van der Waals surface area contributed by atoms with Crippen molar-refractivity contribution < 1.29 is 8.42 Å². The van der Waals surface area contributed by atoms with Crippen LogP contribution >= 0.6 is 28.1 Å². The quantitative estimate of drug-likeness (QED) is 0.757. The first-order chi connectivity index (χ1) is 9.92. The summed E-state index contributed by atoms with van der Waals surface area (Å²) < 4.78 is 28.3. The van der Waals surface area contributed by atoms with E-state index in [-0.39, 0.29) is 15.8 Å². The van der Waals surface area contributed by atoms with Crippen molar-refractivity contribution in [1.29, 1.82) is 0 Å². The minimum Gasteiger partial charge on any atom is -0.392 e. The molecule has 1 unspecified atom stereocenters. The van der Waals surface area contributed by atoms with Crippen LogP contribution in [0.25, 0.3) is 0 Å². The molecule has 1 aromatic carbocycles. The summed E-state index contributed by atoms with van der Waals surface area (Å²) >= 11 is 8.36. The average molecular weight is 391 g/mol. The second-order valence-electron chi connectivity index (χ2n) is 5.33. The molecule has 7 heteroatoms. The first-order valence-corrected chi connectivity index (χ1v) is 9.66. The lowest BCUT2D eigenvalue weighted by Crippen LogP contribution is -2.48. The van der Waals surface area contributed by atoms with E-state index in [0.717, 1.165) is 25.7 Å². The van der Waals surface area contributed by atoms with Gasteiger partial charge in [0, 0.05) is 4.47 Å². The Hall–Kier alpha value is -0.500. The molecule has 2 rings (SSSR count). The van der Waals surface area contributed by atoms with Gasteiger partial charge in [0.2, 0.25) is 10.0 Å². The summed E-state index contributed by atoms with van der Waals surface area (Å²) in [5, 5.41) is 0. The van der Waals surface area contributed by atoms with Gasteiger partial charge in [-0.1, -0.05) is 43.6 Å². The van der Waals surface area contributed by atoms with E-state index in [9.17, 15) is 8.42 Å². The van der Waals surface area contributed by atoms with Crippen molar-refractivity contribution in [1.82, 2.24) is 4.72 Å². The highest BCUT2D eigenvalue weighted by Crippen LogP contribution is 2.28. The minimum absolute atomic E-state index is 0.188. The molecule has 21 heavy (non-hydrogen) atoms. The van der Waals surface area contributed by atoms with Crippen LogP contribution in [0, 0.1) is 5.92 Å². The number of hydrogen-bond acceptors (Lipinski definition) is 3. The van der Waals surface area contributed by atoms with Crippen LogP contribution in [0.5, 0.6) is 0 Å². The predicted octanol–water partition coefficient (Wildman–Crippen LogP) is 2.96. The van der Waals surface area contributed by atoms with Gasteiger partial charge in [-0.2, -0.15) is 0 Å². The summed E-state index contributed by atoms with van der Waals surface area (Å²) in [5.74, 6) is 0.188. The van der Waals surface area contributed by atoms with Crippen LogP contribution in [0.1, 0.15) is 32.1 Å². The van der Waals surface area contributed by atoms with Gasteiger partial charge in [-0.05, 0) is 46.8 Å². The Bertz CT molecular complexity index is 613. The third kappa shape index (κ3) is 4.25. The van der Waals surface area contributed by atoms with Gasteiger partial charge in [0.05, 0.1) is 15.9 Å². The summed E-state index contributed by atoms with van der Waals surface area (Å²) in [7, 11) is -3.65. The van der Waals surface area contributed by atoms with Crippen LogP contribution in [0.3, 0.4) is 0 Å². The number of halogens is 1. The van der Waals surface area contributed by atoms with Crippen molar-refractivity contribution in [2.75, 3.05) is 0 Å². The van der Waals surface area contributed by atoms with E-state index < -0.39 is 16.1 Å². The van der Waals surface area contributed by atoms with E-state index in [0.29, 0.717) is 4.47 Å². The number of rotatable bonds is 5. The van der Waals surface area contributed by atoms with E-state index in [2.05, 4.69) is 20.7 Å². The number of hydrogen-bond donors (Lipinski definition) is 2. The molecule has 0 saturated heterocycles. The molecule has 0 radical (unpaired) electrons. The van der Waals surface area contributed by atoms with Crippen molar-refractivity contribution in [2.24, 2.45) is 11.7 Å². The Morgan fingerprint density at radius 3 is 2.48 bits per heavy atom. The molecule has 0 bridgehead atoms. The maximum atomic E-state index is 12.6. The predicted molar refractivity (Wildman–Crippen MR) is 91.6 cm³/mol. The van der Waals surface area contributed by atoms with Gasteiger partial charge in [0.1, 0.15) is 0 Å². The summed E-state index contributed by atoms with van der Waals surface area (Å²) in [4.78, 5) is 0.430. The maximum Gasteiger partial charge on any atom is 0.242 e. The molecule has 1 saturated carbocycles. The number of thiocarbonyl (C=S) groups is 1. The third-order valence-corrected chi connectivity index (χ3v) is 6.54. The van der Waals surface area contributed by atoms with Crippen LogP contribution in [-0.2, 0) is 10.0 Å². The lowest BCUT2D eigenvalue weighted by molar-refractivity contribution is 0.330. The van der Waals surface area contributed by atoms with E-state index in [4.69, 9.17) is 18.0 Å². The lowest BCUT2D eigenvalue weighted by atomic mass is 9.84. The van der Waals surface area contributed by atoms with Crippen molar-refractivity contribution in [3.05, 3.63) is 28.7 Å². The molecule has 1 aliphatic rings. The normalized spacial score (nSPS) is 18.3. The Balaban J connectivity index is 2.23. The van der Waals surface area contributed by atoms with Gasteiger partial charge in [-0.15, -0.1) is 0 Å². The number of sulfonamides is 1. The summed E-state index contributed by atoms with van der Waals surface area (Å²) in [5.41, 5.74) is 5.78. The molecule has 116 valence electrons. The molecule has 3 N–H and O–H groups in total. The molecule has 0 aromatic heterocycles. The van der Waals surface area contributed by atoms with Gasteiger partial charge in [0.15, 0.2) is 0 Å². The van der Waals surface area contributed by atoms with E-state index in [1.165, 1.54) is 6.42 Å². The van der Waals surface area contributed by atoms with Crippen LogP contribution in [0.15, 0.2) is 33.6 Å². The van der Waals surface area contributed by atoms with E-state index >= 15 is 0 Å². The SMILES string of the molecule is NC(=S)C(NS(=O)(=O)c1ccccc1Br)C1CCCCC1. The van der Waals surface area contributed by atoms with Crippen molar-refractivity contribution in [3.63, 3.8) is 0 Å². The maximum absolute atomic E-state index is 12.6. The highest BCUT2D eigenvalue weighted by Gasteiger charge is 2.30. The fraction of sp³-hybridized carbons (Fsp3) is 0.500. The van der Waals surface area contributed by atoms with Gasteiger partial charge >= 0.3 is 0 Å². The zero-order valence-corrected chi connectivity index (χ0v) is 14.8. The first kappa shape index (κ1) is 16.9. The van der Waals surface area contributed by atoms with Crippen LogP contribution in [0.2, 0.25) is 0 Å². The van der Waals surface area contributed by atoms with Gasteiger partial charge in [-0.3, -0.25) is 0 Å². The standard InChI is InChI=1S/C14H19BrN2O2S2/c15-11-8-4-5-9-12(11)21(18,19)17-13(14(16)20)10-6-2-1-3-7-10/h4-5,8-10,13,17H,1-3,6-7H2,(H2,16,20). The fourth-order valence-electron chi connectivity index (χ4n) is 2.75. The zero-order chi connectivity index (χ0) is 15.5. The second kappa shape index (κ2) is 7.17. The van der Waals surface area contributed by atoms with Gasteiger partial charge in [0.25, 0.3) is 0 Å². The third-order valence-electron chi connectivity index (χ3n) is 3.84. The van der Waals surface area contributed by atoms with Crippen molar-refractivity contribution in [3.8, 4) is 0 Å². The molecule has 4 nitrogen and oxygen atoms in total. The van der Waals surface area contributed by atoms with Gasteiger partial charge < -0.3 is 5.73 Å². The molecule has 0 heterocycles. The Kier molecular flexibility index (Phi) is 5.76. The molecule has 1 aliphatic carbocycles. The Morgan fingerprint density at radius 1 is 1.29 bits per heavy atom. The lowest BCUT2D eigenvalue weighted by Gasteiger charge is -2.30. The summed E-state index contributed by atoms with van der Waals surface area (Å²) in [6.07, 6.45) is 5.31. The summed E-state index contributed by atoms with van der Waals surface area (Å²) in [6.45, 7) is 0. The van der Waals surface area contributed by atoms with Gasteiger partial charge in [-0.25, -0.2) is 13.1 Å². The fourth-order valence-corrected chi connectivity index (χ4v) is 5.36. The number of nitrogens with one attached hydrogen (secondary N) is 1. The van der Waals surface area contributed by atoms with Crippen molar-refractivity contribution in [2.45, 2.75) is 43.0 Å². The molecule has 1 atom stereocenters. The molecular weight excluding hydrogens is 372 g/mol. The molecule has 0 aliphatic heterocycles. The first-order valence-electron chi connectivity index (χ1n) is 6.98. The topological polar surface area (TPSA) is 72.2 Å². The number of nitrogens with two attached hydrogens (primary N) is 1. The van der Waals surface area contributed by atoms with E-state index in [1.54, 1.807) is 24.3 Å². The van der Waals surface area contributed by atoms with Crippen LogP contribution in [0.4, 0.5) is 0 Å².